The van der Waals surface area contributed by atoms with Gasteiger partial charge in [0.15, 0.2) is 12.3 Å². The van der Waals surface area contributed by atoms with Crippen LogP contribution in [-0.4, -0.2) is 66.8 Å². The van der Waals surface area contributed by atoms with E-state index in [-0.39, 0.29) is 5.17 Å². The lowest BCUT2D eigenvalue weighted by atomic mass is 9.90. The molecule has 4 N–H and O–H groups in total. The standard InChI is InChI=1S/C22H23N3O7S/c1-22(2)12-8-10(13-7-5-11(9-23)24(13)3)4-6-14(12)25(21(33)32-22)19-17(28)15(26)16(27)18(31-19)20(29)30/h4-8,15-19,26-28H,1-3H3,(H,29,30). The van der Waals surface area contributed by atoms with Gasteiger partial charge >= 0.3 is 5.97 Å². The van der Waals surface area contributed by atoms with E-state index in [2.05, 4.69) is 6.07 Å². The summed E-state index contributed by atoms with van der Waals surface area (Å²) in [6.07, 6.45) is -8.47. The SMILES string of the molecule is Cn1c(C#N)ccc1-c1ccc2c(c1)C(C)(C)OC(=S)N2C1OC(C(=O)O)C(O)C(O)C1O. The average Bonchev–Trinajstić information content (AvgIpc) is 3.13. The highest BCUT2D eigenvalue weighted by Crippen LogP contribution is 2.43. The largest absolute Gasteiger partial charge is 0.479 e. The molecule has 0 amide bonds. The van der Waals surface area contributed by atoms with Gasteiger partial charge in [-0.1, -0.05) is 6.07 Å². The Morgan fingerprint density at radius 3 is 2.45 bits per heavy atom. The van der Waals surface area contributed by atoms with Crippen LogP contribution in [0.2, 0.25) is 0 Å². The fourth-order valence-electron chi connectivity index (χ4n) is 4.24. The predicted molar refractivity (Wildman–Crippen MR) is 119 cm³/mol. The number of nitrogens with zero attached hydrogens (tertiary/aromatic N) is 3. The van der Waals surface area contributed by atoms with E-state index < -0.39 is 42.2 Å². The minimum absolute atomic E-state index is 0.0809. The molecule has 4 rings (SSSR count). The van der Waals surface area contributed by atoms with Crippen molar-refractivity contribution in [3.63, 3.8) is 0 Å². The van der Waals surface area contributed by atoms with Crippen LogP contribution in [0.15, 0.2) is 30.3 Å². The van der Waals surface area contributed by atoms with Crippen LogP contribution >= 0.6 is 12.2 Å². The van der Waals surface area contributed by atoms with Gasteiger partial charge < -0.3 is 34.5 Å². The van der Waals surface area contributed by atoms with Gasteiger partial charge in [0.2, 0.25) is 0 Å². The van der Waals surface area contributed by atoms with Crippen LogP contribution in [0.1, 0.15) is 25.1 Å². The number of rotatable bonds is 3. The molecule has 0 saturated carbocycles. The molecule has 1 saturated heterocycles. The van der Waals surface area contributed by atoms with Crippen molar-refractivity contribution in [1.29, 1.82) is 5.26 Å². The third-order valence-corrected chi connectivity index (χ3v) is 6.34. The van der Waals surface area contributed by atoms with E-state index in [0.29, 0.717) is 16.9 Å². The molecule has 1 fully saturated rings. The van der Waals surface area contributed by atoms with Crippen LogP contribution in [-0.2, 0) is 26.9 Å². The summed E-state index contributed by atoms with van der Waals surface area (Å²) in [5.74, 6) is -1.49. The Hall–Kier alpha value is -3.01. The van der Waals surface area contributed by atoms with Crippen molar-refractivity contribution < 1.29 is 34.7 Å². The Morgan fingerprint density at radius 2 is 1.85 bits per heavy atom. The number of aliphatic hydroxyl groups is 3. The van der Waals surface area contributed by atoms with Gasteiger partial charge in [0.1, 0.15) is 35.7 Å². The lowest BCUT2D eigenvalue weighted by Crippen LogP contribution is -2.66. The number of carboxylic acids is 1. The van der Waals surface area contributed by atoms with E-state index >= 15 is 0 Å². The number of aliphatic hydroxyl groups excluding tert-OH is 3. The van der Waals surface area contributed by atoms with Gasteiger partial charge in [0, 0.05) is 18.3 Å². The number of nitriles is 1. The molecule has 0 bridgehead atoms. The maximum Gasteiger partial charge on any atom is 0.335 e. The van der Waals surface area contributed by atoms with Crippen LogP contribution in [0, 0.1) is 11.3 Å². The Bertz CT molecular complexity index is 1170. The van der Waals surface area contributed by atoms with Crippen LogP contribution in [0.5, 0.6) is 0 Å². The van der Waals surface area contributed by atoms with E-state index in [4.69, 9.17) is 21.7 Å². The highest BCUT2D eigenvalue weighted by molar-refractivity contribution is 7.80. The molecule has 11 heteroatoms. The molecule has 2 aromatic rings. The van der Waals surface area contributed by atoms with E-state index in [1.165, 1.54) is 4.90 Å². The molecule has 0 spiro atoms. The number of carboxylic acid groups (broad SMARTS) is 1. The Morgan fingerprint density at radius 1 is 1.15 bits per heavy atom. The number of aliphatic carboxylic acids is 1. The van der Waals surface area contributed by atoms with Gasteiger partial charge in [-0.3, -0.25) is 4.90 Å². The average molecular weight is 474 g/mol. The van der Waals surface area contributed by atoms with Crippen molar-refractivity contribution in [2.75, 3.05) is 4.90 Å². The van der Waals surface area contributed by atoms with Crippen LogP contribution in [0.25, 0.3) is 11.3 Å². The minimum atomic E-state index is -1.82. The van der Waals surface area contributed by atoms with Gasteiger partial charge in [-0.2, -0.15) is 5.26 Å². The third-order valence-electron chi connectivity index (χ3n) is 6.06. The number of ether oxygens (including phenoxy) is 2. The Kier molecular flexibility index (Phi) is 5.68. The number of fused-ring (bicyclic) bond motifs is 1. The normalized spacial score (nSPS) is 28.6. The van der Waals surface area contributed by atoms with Gasteiger partial charge in [0.05, 0.1) is 5.69 Å². The highest BCUT2D eigenvalue weighted by Gasteiger charge is 2.52. The van der Waals surface area contributed by atoms with E-state index in [0.717, 1.165) is 11.3 Å². The minimum Gasteiger partial charge on any atom is -0.479 e. The zero-order chi connectivity index (χ0) is 24.2. The summed E-state index contributed by atoms with van der Waals surface area (Å²) in [7, 11) is 1.78. The zero-order valence-electron chi connectivity index (χ0n) is 18.0. The number of hydrogen-bond donors (Lipinski definition) is 4. The Balaban J connectivity index is 1.81. The first-order chi connectivity index (χ1) is 15.5. The van der Waals surface area contributed by atoms with E-state index in [9.17, 15) is 30.5 Å². The molecule has 10 nitrogen and oxygen atoms in total. The molecule has 3 heterocycles. The summed E-state index contributed by atoms with van der Waals surface area (Å²) in [4.78, 5) is 12.9. The van der Waals surface area contributed by atoms with Crippen molar-refractivity contribution in [1.82, 2.24) is 4.57 Å². The summed E-state index contributed by atoms with van der Waals surface area (Å²) >= 11 is 5.41. The van der Waals surface area contributed by atoms with E-state index in [1.54, 1.807) is 29.8 Å². The quantitative estimate of drug-likeness (QED) is 0.472. The second-order valence-corrected chi connectivity index (χ2v) is 8.86. The Labute approximate surface area is 194 Å². The van der Waals surface area contributed by atoms with Crippen LogP contribution < -0.4 is 4.90 Å². The molecule has 1 aromatic heterocycles. The topological polar surface area (TPSA) is 148 Å². The van der Waals surface area contributed by atoms with Gasteiger partial charge in [-0.05, 0) is 55.9 Å². The van der Waals surface area contributed by atoms with Gasteiger partial charge in [0.25, 0.3) is 5.17 Å². The first-order valence-electron chi connectivity index (χ1n) is 10.1. The molecule has 0 radical (unpaired) electrons. The fraction of sp³-hybridized carbons (Fsp3) is 0.409. The fourth-order valence-corrected chi connectivity index (χ4v) is 4.65. The van der Waals surface area contributed by atoms with Gasteiger partial charge in [-0.25, -0.2) is 4.79 Å². The summed E-state index contributed by atoms with van der Waals surface area (Å²) < 4.78 is 13.2. The molecule has 33 heavy (non-hydrogen) atoms. The zero-order valence-corrected chi connectivity index (χ0v) is 18.9. The molecule has 1 aromatic carbocycles. The van der Waals surface area contributed by atoms with Crippen molar-refractivity contribution in [3.8, 4) is 17.3 Å². The smallest absolute Gasteiger partial charge is 0.335 e. The third kappa shape index (κ3) is 3.66. The van der Waals surface area contributed by atoms with Crippen molar-refractivity contribution in [3.05, 3.63) is 41.6 Å². The van der Waals surface area contributed by atoms with Crippen molar-refractivity contribution in [2.45, 2.75) is 50.1 Å². The molecular formula is C22H23N3O7S. The number of benzene rings is 1. The molecular weight excluding hydrogens is 450 g/mol. The maximum absolute atomic E-state index is 11.6. The molecule has 5 unspecified atom stereocenters. The molecule has 0 aliphatic carbocycles. The lowest BCUT2D eigenvalue weighted by Gasteiger charge is -2.48. The molecule has 2 aliphatic rings. The number of aromatic nitrogens is 1. The summed E-state index contributed by atoms with van der Waals surface area (Å²) in [6.45, 7) is 3.61. The first-order valence-corrected chi connectivity index (χ1v) is 10.5. The molecule has 5 atom stereocenters. The monoisotopic (exact) mass is 473 g/mol. The summed E-state index contributed by atoms with van der Waals surface area (Å²) in [5, 5.41) is 49.5. The second kappa shape index (κ2) is 8.09. The molecule has 2 aliphatic heterocycles. The predicted octanol–water partition coefficient (Wildman–Crippen LogP) is 0.813. The maximum atomic E-state index is 11.6. The number of hydrogen-bond acceptors (Lipinski definition) is 8. The first kappa shape index (κ1) is 23.2. The van der Waals surface area contributed by atoms with Crippen molar-refractivity contribution >= 4 is 29.0 Å². The van der Waals surface area contributed by atoms with Crippen LogP contribution in [0.3, 0.4) is 0 Å². The van der Waals surface area contributed by atoms with Gasteiger partial charge in [-0.15, -0.1) is 0 Å². The second-order valence-electron chi connectivity index (χ2n) is 8.51. The summed E-state index contributed by atoms with van der Waals surface area (Å²) in [6, 6.07) is 11.0. The highest BCUT2D eigenvalue weighted by atomic mass is 32.1. The number of thiocarbonyl (C=S) groups is 1. The summed E-state index contributed by atoms with van der Waals surface area (Å²) in [5.41, 5.74) is 2.36. The van der Waals surface area contributed by atoms with Crippen LogP contribution in [0.4, 0.5) is 5.69 Å². The van der Waals surface area contributed by atoms with Crippen molar-refractivity contribution in [2.24, 2.45) is 7.05 Å². The number of carbonyl (C=O) groups is 1. The van der Waals surface area contributed by atoms with E-state index in [1.807, 2.05) is 26.0 Å². The lowest BCUT2D eigenvalue weighted by molar-refractivity contribution is -0.226. The number of anilines is 1. The molecule has 174 valence electrons.